The molecule has 0 bridgehead atoms. The lowest BCUT2D eigenvalue weighted by molar-refractivity contribution is 0.562. The molecule has 1 atom stereocenters. The number of nitrogens with zero attached hydrogens (tertiary/aromatic N) is 3. The summed E-state index contributed by atoms with van der Waals surface area (Å²) in [6.45, 7) is 0.651. The molecule has 1 saturated heterocycles. The quantitative estimate of drug-likeness (QED) is 0.922. The molecule has 2 heterocycles. The van der Waals surface area contributed by atoms with Crippen LogP contribution in [0.25, 0.3) is 0 Å². The Morgan fingerprint density at radius 3 is 3.05 bits per heavy atom. The van der Waals surface area contributed by atoms with Gasteiger partial charge in [0.1, 0.15) is 12.7 Å². The second-order valence-electron chi connectivity index (χ2n) is 5.39. The Balaban J connectivity index is 1.68. The molecule has 1 aliphatic heterocycles. The number of hydrogen-bond acceptors (Lipinski definition) is 5. The minimum atomic E-state index is -2.89. The first-order valence-electron chi connectivity index (χ1n) is 6.99. The predicted molar refractivity (Wildman–Crippen MR) is 80.9 cm³/mol. The van der Waals surface area contributed by atoms with Crippen LogP contribution in [0, 0.1) is 0 Å². The maximum absolute atomic E-state index is 11.7. The van der Waals surface area contributed by atoms with Gasteiger partial charge in [-0.05, 0) is 30.5 Å². The monoisotopic (exact) mass is 306 g/mol. The molecule has 1 aromatic carbocycles. The summed E-state index contributed by atoms with van der Waals surface area (Å²) in [5, 5.41) is 7.41. The van der Waals surface area contributed by atoms with E-state index in [4.69, 9.17) is 0 Å². The minimum Gasteiger partial charge on any atom is -0.381 e. The second kappa shape index (κ2) is 5.85. The van der Waals surface area contributed by atoms with E-state index in [0.717, 1.165) is 24.1 Å². The van der Waals surface area contributed by atoms with E-state index < -0.39 is 9.84 Å². The van der Waals surface area contributed by atoms with Crippen LogP contribution in [-0.4, -0.2) is 40.7 Å². The van der Waals surface area contributed by atoms with E-state index in [1.165, 1.54) is 6.33 Å². The Kier molecular flexibility index (Phi) is 3.92. The van der Waals surface area contributed by atoms with Crippen molar-refractivity contribution in [1.82, 2.24) is 14.8 Å². The molecule has 1 N–H and O–H groups in total. The van der Waals surface area contributed by atoms with Gasteiger partial charge in [-0.25, -0.2) is 18.1 Å². The second-order valence-corrected chi connectivity index (χ2v) is 7.62. The molecule has 0 spiro atoms. The van der Waals surface area contributed by atoms with E-state index in [0.29, 0.717) is 12.3 Å². The van der Waals surface area contributed by atoms with E-state index >= 15 is 0 Å². The average Bonchev–Trinajstić information content (AvgIpc) is 2.91. The lowest BCUT2D eigenvalue weighted by Gasteiger charge is -2.24. The van der Waals surface area contributed by atoms with Crippen molar-refractivity contribution in [2.75, 3.05) is 16.8 Å². The third kappa shape index (κ3) is 3.81. The summed E-state index contributed by atoms with van der Waals surface area (Å²) < 4.78 is 25.1. The molecule has 0 radical (unpaired) electrons. The van der Waals surface area contributed by atoms with Crippen LogP contribution in [-0.2, 0) is 16.4 Å². The topological polar surface area (TPSA) is 76.9 Å². The van der Waals surface area contributed by atoms with E-state index in [9.17, 15) is 8.42 Å². The van der Waals surface area contributed by atoms with Gasteiger partial charge in [-0.2, -0.15) is 5.10 Å². The van der Waals surface area contributed by atoms with E-state index in [1.54, 1.807) is 11.0 Å². The standard InChI is InChI=1S/C14H18N4O2S/c19-21(20)6-2-5-14(9-21)17-13-4-1-3-12(7-13)8-18-11-15-10-16-18/h1,3-4,7,10-11,14,17H,2,5-6,8-9H2. The third-order valence-electron chi connectivity index (χ3n) is 3.57. The summed E-state index contributed by atoms with van der Waals surface area (Å²) in [6.07, 6.45) is 4.81. The van der Waals surface area contributed by atoms with Crippen LogP contribution in [0.3, 0.4) is 0 Å². The Labute approximate surface area is 124 Å². The Morgan fingerprint density at radius 2 is 2.29 bits per heavy atom. The lowest BCUT2D eigenvalue weighted by atomic mass is 10.1. The molecule has 1 aromatic heterocycles. The fourth-order valence-corrected chi connectivity index (χ4v) is 4.27. The van der Waals surface area contributed by atoms with Crippen LogP contribution in [0.15, 0.2) is 36.9 Å². The van der Waals surface area contributed by atoms with E-state index in [2.05, 4.69) is 15.4 Å². The average molecular weight is 306 g/mol. The zero-order valence-corrected chi connectivity index (χ0v) is 12.5. The molecule has 2 aromatic rings. The zero-order chi connectivity index (χ0) is 14.7. The van der Waals surface area contributed by atoms with Crippen LogP contribution in [0.4, 0.5) is 5.69 Å². The summed E-state index contributed by atoms with van der Waals surface area (Å²) in [5.41, 5.74) is 2.05. The first kappa shape index (κ1) is 14.1. The number of sulfone groups is 1. The summed E-state index contributed by atoms with van der Waals surface area (Å²) in [5.74, 6) is 0.540. The lowest BCUT2D eigenvalue weighted by Crippen LogP contribution is -2.34. The molecule has 1 aliphatic rings. The number of benzene rings is 1. The normalized spacial score (nSPS) is 21.0. The molecule has 0 aliphatic carbocycles. The molecular formula is C14H18N4O2S. The molecule has 0 saturated carbocycles. The fraction of sp³-hybridized carbons (Fsp3) is 0.429. The first-order valence-corrected chi connectivity index (χ1v) is 8.81. The zero-order valence-electron chi connectivity index (χ0n) is 11.6. The molecule has 112 valence electrons. The SMILES string of the molecule is O=S1(=O)CCCC(Nc2cccc(Cn3cncn3)c2)C1. The summed E-state index contributed by atoms with van der Waals surface area (Å²) in [4.78, 5) is 3.92. The van der Waals surface area contributed by atoms with Crippen LogP contribution in [0.5, 0.6) is 0 Å². The molecule has 7 heteroatoms. The van der Waals surface area contributed by atoms with Crippen molar-refractivity contribution in [2.24, 2.45) is 0 Å². The highest BCUT2D eigenvalue weighted by Gasteiger charge is 2.24. The maximum atomic E-state index is 11.7. The van der Waals surface area contributed by atoms with Crippen molar-refractivity contribution in [1.29, 1.82) is 0 Å². The summed E-state index contributed by atoms with van der Waals surface area (Å²) in [7, 11) is -2.89. The summed E-state index contributed by atoms with van der Waals surface area (Å²) in [6, 6.07) is 7.98. The molecule has 1 fully saturated rings. The Morgan fingerprint density at radius 1 is 1.38 bits per heavy atom. The van der Waals surface area contributed by atoms with Gasteiger partial charge < -0.3 is 5.32 Å². The van der Waals surface area contributed by atoms with Gasteiger partial charge in [0.25, 0.3) is 0 Å². The van der Waals surface area contributed by atoms with Crippen molar-refractivity contribution in [3.8, 4) is 0 Å². The maximum Gasteiger partial charge on any atom is 0.152 e. The van der Waals surface area contributed by atoms with E-state index in [-0.39, 0.29) is 11.8 Å². The number of anilines is 1. The number of nitrogens with one attached hydrogen (secondary N) is 1. The van der Waals surface area contributed by atoms with Crippen LogP contribution >= 0.6 is 0 Å². The smallest absolute Gasteiger partial charge is 0.152 e. The molecule has 3 rings (SSSR count). The predicted octanol–water partition coefficient (Wildman–Crippen LogP) is 1.32. The third-order valence-corrected chi connectivity index (χ3v) is 5.39. The molecule has 21 heavy (non-hydrogen) atoms. The van der Waals surface area contributed by atoms with E-state index in [1.807, 2.05) is 24.3 Å². The van der Waals surface area contributed by atoms with Crippen LogP contribution in [0.2, 0.25) is 0 Å². The summed E-state index contributed by atoms with van der Waals surface area (Å²) >= 11 is 0. The Hall–Kier alpha value is -1.89. The fourth-order valence-electron chi connectivity index (χ4n) is 2.63. The van der Waals surface area contributed by atoms with Crippen molar-refractivity contribution >= 4 is 15.5 Å². The van der Waals surface area contributed by atoms with Crippen molar-refractivity contribution in [3.63, 3.8) is 0 Å². The largest absolute Gasteiger partial charge is 0.381 e. The minimum absolute atomic E-state index is 0.00497. The highest BCUT2D eigenvalue weighted by Crippen LogP contribution is 2.18. The van der Waals surface area contributed by atoms with Crippen LogP contribution in [0.1, 0.15) is 18.4 Å². The molecular weight excluding hydrogens is 288 g/mol. The van der Waals surface area contributed by atoms with Crippen LogP contribution < -0.4 is 5.32 Å². The Bertz CT molecular complexity index is 698. The van der Waals surface area contributed by atoms with Gasteiger partial charge >= 0.3 is 0 Å². The molecule has 0 amide bonds. The molecule has 6 nitrogen and oxygen atoms in total. The van der Waals surface area contributed by atoms with Crippen molar-refractivity contribution < 1.29 is 8.42 Å². The van der Waals surface area contributed by atoms with Crippen molar-refractivity contribution in [2.45, 2.75) is 25.4 Å². The number of hydrogen-bond donors (Lipinski definition) is 1. The van der Waals surface area contributed by atoms with Gasteiger partial charge in [0.15, 0.2) is 9.84 Å². The number of aromatic nitrogens is 3. The van der Waals surface area contributed by atoms with Crippen molar-refractivity contribution in [3.05, 3.63) is 42.5 Å². The molecule has 1 unspecified atom stereocenters. The highest BCUT2D eigenvalue weighted by molar-refractivity contribution is 7.91. The van der Waals surface area contributed by atoms with Gasteiger partial charge in [-0.1, -0.05) is 12.1 Å². The van der Waals surface area contributed by atoms with Gasteiger partial charge in [-0.3, -0.25) is 0 Å². The van der Waals surface area contributed by atoms with Gasteiger partial charge in [-0.15, -0.1) is 0 Å². The van der Waals surface area contributed by atoms with Gasteiger partial charge in [0, 0.05) is 11.7 Å². The van der Waals surface area contributed by atoms with Gasteiger partial charge in [0.05, 0.1) is 18.1 Å². The highest BCUT2D eigenvalue weighted by atomic mass is 32.2. The first-order chi connectivity index (χ1) is 10.1. The number of rotatable bonds is 4. The van der Waals surface area contributed by atoms with Gasteiger partial charge in [0.2, 0.25) is 0 Å².